The van der Waals surface area contributed by atoms with Crippen LogP contribution < -0.4 is 15.5 Å². The molecule has 1 spiro atoms. The molecule has 2 aromatic carbocycles. The molecule has 136 valence electrons. The smallest absolute Gasteiger partial charge is 0.250 e. The van der Waals surface area contributed by atoms with E-state index in [1.54, 1.807) is 30.3 Å². The molecule has 3 aliphatic heterocycles. The molecule has 0 radical (unpaired) electrons. The molecule has 7 heteroatoms. The van der Waals surface area contributed by atoms with Gasteiger partial charge >= 0.3 is 0 Å². The number of para-hydroxylation sites is 2. The fourth-order valence-electron chi connectivity index (χ4n) is 4.79. The highest BCUT2D eigenvalue weighted by Crippen LogP contribution is 2.53. The normalized spacial score (nSPS) is 31.4. The third-order valence-corrected chi connectivity index (χ3v) is 6.18. The highest BCUT2D eigenvalue weighted by atomic mass is 35.5. The van der Waals surface area contributed by atoms with Gasteiger partial charge in [0.05, 0.1) is 22.5 Å². The SMILES string of the molecule is C[C@@H]1N[C@]2(C(=O)Nc3ccccc32)[C@H]2C(=O)N(c3ccccc3Cl)C(=O)[C@@H]12. The lowest BCUT2D eigenvalue weighted by atomic mass is 9.76. The second kappa shape index (κ2) is 5.41. The minimum Gasteiger partial charge on any atom is -0.324 e. The molecule has 2 saturated heterocycles. The summed E-state index contributed by atoms with van der Waals surface area (Å²) >= 11 is 6.25. The van der Waals surface area contributed by atoms with Crippen LogP contribution >= 0.6 is 11.6 Å². The lowest BCUT2D eigenvalue weighted by Crippen LogP contribution is -2.53. The molecular weight excluding hydrogens is 366 g/mol. The van der Waals surface area contributed by atoms with E-state index in [1.807, 2.05) is 25.1 Å². The summed E-state index contributed by atoms with van der Waals surface area (Å²) in [5.74, 6) is -2.48. The molecule has 6 nitrogen and oxygen atoms in total. The number of nitrogens with one attached hydrogen (secondary N) is 2. The van der Waals surface area contributed by atoms with Crippen molar-refractivity contribution >= 4 is 40.7 Å². The van der Waals surface area contributed by atoms with Crippen LogP contribution in [0.4, 0.5) is 11.4 Å². The van der Waals surface area contributed by atoms with E-state index in [0.29, 0.717) is 22.0 Å². The number of benzene rings is 2. The second-order valence-corrected chi connectivity index (χ2v) is 7.61. The summed E-state index contributed by atoms with van der Waals surface area (Å²) in [6, 6.07) is 13.7. The molecule has 3 heterocycles. The van der Waals surface area contributed by atoms with Gasteiger partial charge in [-0.2, -0.15) is 0 Å². The fourth-order valence-corrected chi connectivity index (χ4v) is 5.01. The van der Waals surface area contributed by atoms with E-state index in [2.05, 4.69) is 10.6 Å². The van der Waals surface area contributed by atoms with Gasteiger partial charge in [-0.3, -0.25) is 19.7 Å². The number of carbonyl (C=O) groups is 3. The first kappa shape index (κ1) is 16.5. The molecule has 4 atom stereocenters. The molecule has 3 amide bonds. The highest BCUT2D eigenvalue weighted by molar-refractivity contribution is 6.36. The number of rotatable bonds is 1. The third-order valence-electron chi connectivity index (χ3n) is 5.86. The Morgan fingerprint density at radius 1 is 1.00 bits per heavy atom. The predicted molar refractivity (Wildman–Crippen MR) is 100 cm³/mol. The number of hydrogen-bond donors (Lipinski definition) is 2. The van der Waals surface area contributed by atoms with Crippen molar-refractivity contribution in [1.82, 2.24) is 5.32 Å². The zero-order valence-corrected chi connectivity index (χ0v) is 15.2. The Morgan fingerprint density at radius 3 is 2.48 bits per heavy atom. The van der Waals surface area contributed by atoms with Crippen molar-refractivity contribution < 1.29 is 14.4 Å². The molecule has 0 aliphatic carbocycles. The van der Waals surface area contributed by atoms with Crippen molar-refractivity contribution in [2.45, 2.75) is 18.5 Å². The maximum absolute atomic E-state index is 13.4. The van der Waals surface area contributed by atoms with Gasteiger partial charge in [-0.25, -0.2) is 4.90 Å². The van der Waals surface area contributed by atoms with Crippen LogP contribution in [0.15, 0.2) is 48.5 Å². The summed E-state index contributed by atoms with van der Waals surface area (Å²) in [5.41, 5.74) is 0.483. The molecule has 0 aromatic heterocycles. The molecule has 0 unspecified atom stereocenters. The number of nitrogens with zero attached hydrogens (tertiary/aromatic N) is 1. The molecule has 2 fully saturated rings. The largest absolute Gasteiger partial charge is 0.324 e. The molecule has 27 heavy (non-hydrogen) atoms. The van der Waals surface area contributed by atoms with E-state index in [4.69, 9.17) is 11.6 Å². The Morgan fingerprint density at radius 2 is 1.70 bits per heavy atom. The molecule has 0 saturated carbocycles. The van der Waals surface area contributed by atoms with Crippen LogP contribution in [0.3, 0.4) is 0 Å². The number of amides is 3. The first-order chi connectivity index (χ1) is 13.0. The van der Waals surface area contributed by atoms with Crippen LogP contribution in [0, 0.1) is 11.8 Å². The van der Waals surface area contributed by atoms with Gasteiger partial charge in [0, 0.05) is 17.3 Å². The molecule has 5 rings (SSSR count). The van der Waals surface area contributed by atoms with Gasteiger partial charge in [0.1, 0.15) is 5.54 Å². The first-order valence-corrected chi connectivity index (χ1v) is 9.15. The van der Waals surface area contributed by atoms with Crippen molar-refractivity contribution in [1.29, 1.82) is 0 Å². The van der Waals surface area contributed by atoms with Gasteiger partial charge < -0.3 is 5.32 Å². The maximum Gasteiger partial charge on any atom is 0.250 e. The van der Waals surface area contributed by atoms with Gasteiger partial charge in [-0.15, -0.1) is 0 Å². The van der Waals surface area contributed by atoms with Crippen LogP contribution in [-0.4, -0.2) is 23.8 Å². The maximum atomic E-state index is 13.4. The van der Waals surface area contributed by atoms with Crippen molar-refractivity contribution in [2.24, 2.45) is 11.8 Å². The first-order valence-electron chi connectivity index (χ1n) is 8.78. The van der Waals surface area contributed by atoms with Gasteiger partial charge in [-0.1, -0.05) is 41.9 Å². The summed E-state index contributed by atoms with van der Waals surface area (Å²) in [6.07, 6.45) is 0. The van der Waals surface area contributed by atoms with Crippen LogP contribution in [0.2, 0.25) is 5.02 Å². The Kier molecular flexibility index (Phi) is 3.30. The van der Waals surface area contributed by atoms with Gasteiger partial charge in [-0.05, 0) is 25.1 Å². The standard InChI is InChI=1S/C20H16ClN3O3/c1-10-15-16(18(26)24(17(15)25)14-9-5-3-7-12(14)21)20(23-10)11-6-2-4-8-13(11)22-19(20)27/h2-10,15-16,23H,1H3,(H,22,27)/t10-,15-,16+,20-/m0/s1. The lowest BCUT2D eigenvalue weighted by molar-refractivity contribution is -0.130. The number of fused-ring (bicyclic) bond motifs is 4. The van der Waals surface area contributed by atoms with E-state index in [0.717, 1.165) is 4.90 Å². The minimum absolute atomic E-state index is 0.301. The third kappa shape index (κ3) is 1.91. The Bertz CT molecular complexity index is 1020. The topological polar surface area (TPSA) is 78.5 Å². The highest BCUT2D eigenvalue weighted by Gasteiger charge is 2.69. The number of carbonyl (C=O) groups excluding carboxylic acids is 3. The van der Waals surface area contributed by atoms with Gasteiger partial charge in [0.2, 0.25) is 17.7 Å². The van der Waals surface area contributed by atoms with E-state index < -0.39 is 23.3 Å². The molecule has 0 bridgehead atoms. The van der Waals surface area contributed by atoms with Crippen LogP contribution in [0.25, 0.3) is 0 Å². The summed E-state index contributed by atoms with van der Waals surface area (Å²) in [4.78, 5) is 40.8. The van der Waals surface area contributed by atoms with Crippen molar-refractivity contribution in [3.63, 3.8) is 0 Å². The number of imide groups is 1. The summed E-state index contributed by atoms with van der Waals surface area (Å²) in [7, 11) is 0. The minimum atomic E-state index is -1.25. The van der Waals surface area contributed by atoms with Crippen LogP contribution in [0.1, 0.15) is 12.5 Å². The van der Waals surface area contributed by atoms with Crippen LogP contribution in [0.5, 0.6) is 0 Å². The average Bonchev–Trinajstić information content (AvgIpc) is 3.21. The summed E-state index contributed by atoms with van der Waals surface area (Å²) in [6.45, 7) is 1.84. The van der Waals surface area contributed by atoms with Gasteiger partial charge in [0.15, 0.2) is 0 Å². The Hall–Kier alpha value is -2.70. The summed E-state index contributed by atoms with van der Waals surface area (Å²) in [5, 5.41) is 6.45. The number of anilines is 2. The zero-order chi connectivity index (χ0) is 18.9. The molecule has 3 aliphatic rings. The lowest BCUT2D eigenvalue weighted by Gasteiger charge is -2.29. The van der Waals surface area contributed by atoms with E-state index in [9.17, 15) is 14.4 Å². The van der Waals surface area contributed by atoms with Gasteiger partial charge in [0.25, 0.3) is 0 Å². The average molecular weight is 382 g/mol. The monoisotopic (exact) mass is 381 g/mol. The van der Waals surface area contributed by atoms with Crippen molar-refractivity contribution in [3.05, 3.63) is 59.1 Å². The zero-order valence-electron chi connectivity index (χ0n) is 14.4. The number of halogens is 1. The predicted octanol–water partition coefficient (Wildman–Crippen LogP) is 2.28. The van der Waals surface area contributed by atoms with E-state index >= 15 is 0 Å². The summed E-state index contributed by atoms with van der Waals surface area (Å²) < 4.78 is 0. The second-order valence-electron chi connectivity index (χ2n) is 7.21. The van der Waals surface area contributed by atoms with E-state index in [-0.39, 0.29) is 17.9 Å². The fraction of sp³-hybridized carbons (Fsp3) is 0.250. The quantitative estimate of drug-likeness (QED) is 0.743. The molecule has 2 N–H and O–H groups in total. The van der Waals surface area contributed by atoms with E-state index in [1.165, 1.54) is 0 Å². The molecular formula is C20H16ClN3O3. The van der Waals surface area contributed by atoms with Crippen molar-refractivity contribution in [2.75, 3.05) is 10.2 Å². The number of hydrogen-bond acceptors (Lipinski definition) is 4. The van der Waals surface area contributed by atoms with Crippen LogP contribution in [-0.2, 0) is 19.9 Å². The van der Waals surface area contributed by atoms with Crippen molar-refractivity contribution in [3.8, 4) is 0 Å². The molecule has 2 aromatic rings. The Balaban J connectivity index is 1.69. The Labute approximate surface area is 160 Å².